The second-order valence-corrected chi connectivity index (χ2v) is 4.85. The molecule has 1 aromatic rings. The zero-order chi connectivity index (χ0) is 13.0. The van der Waals surface area contributed by atoms with E-state index in [-0.39, 0.29) is 6.54 Å². The van der Waals surface area contributed by atoms with Crippen LogP contribution in [0.1, 0.15) is 29.9 Å². The topological polar surface area (TPSA) is 32.3 Å². The number of nitrogens with one attached hydrogen (secondary N) is 1. The van der Waals surface area contributed by atoms with Gasteiger partial charge >= 0.3 is 0 Å². The lowest BCUT2D eigenvalue weighted by Crippen LogP contribution is -2.35. The summed E-state index contributed by atoms with van der Waals surface area (Å²) in [6.07, 6.45) is -0.915. The molecule has 18 heavy (non-hydrogen) atoms. The molecule has 2 unspecified atom stereocenters. The first-order valence-electron chi connectivity index (χ1n) is 6.43. The van der Waals surface area contributed by atoms with E-state index in [1.807, 2.05) is 12.1 Å². The Morgan fingerprint density at radius 2 is 2.11 bits per heavy atom. The number of benzene rings is 1. The van der Waals surface area contributed by atoms with Gasteiger partial charge in [-0.05, 0) is 36.3 Å². The van der Waals surface area contributed by atoms with Crippen molar-refractivity contribution in [2.45, 2.75) is 37.7 Å². The van der Waals surface area contributed by atoms with Crippen molar-refractivity contribution in [3.63, 3.8) is 0 Å². The van der Waals surface area contributed by atoms with E-state index in [0.29, 0.717) is 12.5 Å². The van der Waals surface area contributed by atoms with E-state index in [1.54, 1.807) is 0 Å². The Hall–Kier alpha value is -1.00. The van der Waals surface area contributed by atoms with Gasteiger partial charge in [0.25, 0.3) is 6.43 Å². The highest BCUT2D eigenvalue weighted by molar-refractivity contribution is 5.32. The van der Waals surface area contributed by atoms with Crippen molar-refractivity contribution in [2.24, 2.45) is 0 Å². The first kappa shape index (κ1) is 13.4. The molecule has 1 aliphatic rings. The molecule has 0 saturated carbocycles. The van der Waals surface area contributed by atoms with Crippen LogP contribution >= 0.6 is 0 Å². The Morgan fingerprint density at radius 3 is 2.89 bits per heavy atom. The summed E-state index contributed by atoms with van der Waals surface area (Å²) in [4.78, 5) is 0. The standard InChI is InChI=1S/C14H19F2NO/c15-14(16)13(18)9-17-8-11-6-3-5-10-4-1-2-7-12(10)11/h1-2,4,7,11,13-14,17-18H,3,5-6,8-9H2. The molecule has 4 heteroatoms. The van der Waals surface area contributed by atoms with Gasteiger partial charge in [0.05, 0.1) is 0 Å². The third-order valence-corrected chi connectivity index (χ3v) is 3.53. The number of hydrogen-bond donors (Lipinski definition) is 2. The molecule has 2 rings (SSSR count). The molecule has 0 aliphatic heterocycles. The second-order valence-electron chi connectivity index (χ2n) is 4.85. The van der Waals surface area contributed by atoms with Crippen LogP contribution in [-0.2, 0) is 6.42 Å². The maximum atomic E-state index is 12.1. The van der Waals surface area contributed by atoms with Gasteiger partial charge in [0.2, 0.25) is 0 Å². The fraction of sp³-hybridized carbons (Fsp3) is 0.571. The molecule has 0 saturated heterocycles. The molecule has 100 valence electrons. The summed E-state index contributed by atoms with van der Waals surface area (Å²) in [7, 11) is 0. The smallest absolute Gasteiger partial charge is 0.265 e. The number of halogens is 2. The summed E-state index contributed by atoms with van der Waals surface area (Å²) >= 11 is 0. The number of hydrogen-bond acceptors (Lipinski definition) is 2. The molecule has 2 nitrogen and oxygen atoms in total. The highest BCUT2D eigenvalue weighted by Crippen LogP contribution is 2.30. The van der Waals surface area contributed by atoms with Gasteiger partial charge in [0.15, 0.2) is 0 Å². The number of alkyl halides is 2. The van der Waals surface area contributed by atoms with Crippen LogP contribution in [0.25, 0.3) is 0 Å². The molecule has 0 spiro atoms. The van der Waals surface area contributed by atoms with Crippen molar-refractivity contribution < 1.29 is 13.9 Å². The SMILES string of the molecule is OC(CNCC1CCCc2ccccc21)C(F)F. The van der Waals surface area contributed by atoms with E-state index in [9.17, 15) is 8.78 Å². The zero-order valence-corrected chi connectivity index (χ0v) is 10.3. The molecule has 0 heterocycles. The minimum Gasteiger partial charge on any atom is -0.386 e. The van der Waals surface area contributed by atoms with Crippen molar-refractivity contribution in [3.8, 4) is 0 Å². The minimum atomic E-state index is -2.67. The molecule has 0 radical (unpaired) electrons. The van der Waals surface area contributed by atoms with Crippen LogP contribution in [0.15, 0.2) is 24.3 Å². The minimum absolute atomic E-state index is 0.0453. The van der Waals surface area contributed by atoms with Crippen LogP contribution in [0.4, 0.5) is 8.78 Å². The largest absolute Gasteiger partial charge is 0.386 e. The summed E-state index contributed by atoms with van der Waals surface area (Å²) < 4.78 is 24.3. The third-order valence-electron chi connectivity index (χ3n) is 3.53. The highest BCUT2D eigenvalue weighted by atomic mass is 19.3. The van der Waals surface area contributed by atoms with Crippen LogP contribution in [0.3, 0.4) is 0 Å². The Kier molecular flexibility index (Phi) is 4.66. The fourth-order valence-electron chi connectivity index (χ4n) is 2.56. The molecule has 1 aliphatic carbocycles. The lowest BCUT2D eigenvalue weighted by Gasteiger charge is -2.26. The Morgan fingerprint density at radius 1 is 1.33 bits per heavy atom. The molecule has 1 aromatic carbocycles. The maximum absolute atomic E-state index is 12.1. The van der Waals surface area contributed by atoms with E-state index < -0.39 is 12.5 Å². The normalized spacial score (nSPS) is 20.8. The lowest BCUT2D eigenvalue weighted by atomic mass is 9.83. The molecule has 2 N–H and O–H groups in total. The molecule has 0 aromatic heterocycles. The molecule has 0 bridgehead atoms. The van der Waals surface area contributed by atoms with Crippen LogP contribution in [-0.4, -0.2) is 30.7 Å². The number of rotatable bonds is 5. The average molecular weight is 255 g/mol. The summed E-state index contributed by atoms with van der Waals surface area (Å²) in [5.41, 5.74) is 2.69. The van der Waals surface area contributed by atoms with E-state index in [1.165, 1.54) is 11.1 Å². The van der Waals surface area contributed by atoms with Gasteiger partial charge in [-0.1, -0.05) is 24.3 Å². The molecule has 0 fully saturated rings. The second kappa shape index (κ2) is 6.25. The van der Waals surface area contributed by atoms with Gasteiger partial charge in [0.1, 0.15) is 6.10 Å². The van der Waals surface area contributed by atoms with Gasteiger partial charge in [-0.25, -0.2) is 8.78 Å². The van der Waals surface area contributed by atoms with Crippen molar-refractivity contribution in [3.05, 3.63) is 35.4 Å². The monoisotopic (exact) mass is 255 g/mol. The molecular formula is C14H19F2NO. The first-order chi connectivity index (χ1) is 8.68. The maximum Gasteiger partial charge on any atom is 0.265 e. The average Bonchev–Trinajstić information content (AvgIpc) is 2.38. The number of aliphatic hydroxyl groups excluding tert-OH is 1. The van der Waals surface area contributed by atoms with Crippen molar-refractivity contribution in [1.82, 2.24) is 5.32 Å². The third kappa shape index (κ3) is 3.27. The van der Waals surface area contributed by atoms with E-state index >= 15 is 0 Å². The van der Waals surface area contributed by atoms with Crippen molar-refractivity contribution >= 4 is 0 Å². The summed E-state index contributed by atoms with van der Waals surface area (Å²) in [6.45, 7) is 0.608. The number of fused-ring (bicyclic) bond motifs is 1. The summed E-state index contributed by atoms with van der Waals surface area (Å²) in [6, 6.07) is 8.31. The predicted octanol–water partition coefficient (Wildman–Crippen LogP) is 2.32. The molecule has 2 atom stereocenters. The molecular weight excluding hydrogens is 236 g/mol. The quantitative estimate of drug-likeness (QED) is 0.846. The van der Waals surface area contributed by atoms with Gasteiger partial charge in [0, 0.05) is 13.1 Å². The van der Waals surface area contributed by atoms with Crippen LogP contribution in [0, 0.1) is 0 Å². The first-order valence-corrected chi connectivity index (χ1v) is 6.43. The highest BCUT2D eigenvalue weighted by Gasteiger charge is 2.21. The lowest BCUT2D eigenvalue weighted by molar-refractivity contribution is -0.00336. The summed E-state index contributed by atoms with van der Waals surface area (Å²) in [5, 5.41) is 12.0. The van der Waals surface area contributed by atoms with E-state index in [2.05, 4.69) is 17.4 Å². The van der Waals surface area contributed by atoms with Gasteiger partial charge < -0.3 is 10.4 Å². The van der Waals surface area contributed by atoms with Gasteiger partial charge in [-0.15, -0.1) is 0 Å². The van der Waals surface area contributed by atoms with Crippen molar-refractivity contribution in [2.75, 3.05) is 13.1 Å². The van der Waals surface area contributed by atoms with Crippen LogP contribution < -0.4 is 5.32 Å². The Balaban J connectivity index is 1.88. The van der Waals surface area contributed by atoms with Crippen LogP contribution in [0.5, 0.6) is 0 Å². The van der Waals surface area contributed by atoms with E-state index in [0.717, 1.165) is 19.3 Å². The summed E-state index contributed by atoms with van der Waals surface area (Å²) in [5.74, 6) is 0.375. The number of aliphatic hydroxyl groups is 1. The van der Waals surface area contributed by atoms with Crippen molar-refractivity contribution in [1.29, 1.82) is 0 Å². The number of aryl methyl sites for hydroxylation is 1. The van der Waals surface area contributed by atoms with E-state index in [4.69, 9.17) is 5.11 Å². The zero-order valence-electron chi connectivity index (χ0n) is 10.3. The van der Waals surface area contributed by atoms with Gasteiger partial charge in [-0.3, -0.25) is 0 Å². The predicted molar refractivity (Wildman–Crippen MR) is 67.0 cm³/mol. The van der Waals surface area contributed by atoms with Crippen LogP contribution in [0.2, 0.25) is 0 Å². The molecule has 0 amide bonds. The fourth-order valence-corrected chi connectivity index (χ4v) is 2.56. The van der Waals surface area contributed by atoms with Gasteiger partial charge in [-0.2, -0.15) is 0 Å². The Labute approximate surface area is 106 Å². The Bertz CT molecular complexity index is 384.